The molecule has 0 bridgehead atoms. The van der Waals surface area contributed by atoms with Crippen LogP contribution in [0.1, 0.15) is 0 Å². The van der Waals surface area contributed by atoms with Crippen LogP contribution >= 0.6 is 18.8 Å². The first-order chi connectivity index (χ1) is 8.36. The van der Waals surface area contributed by atoms with Crippen LogP contribution in [0.3, 0.4) is 0 Å². The van der Waals surface area contributed by atoms with Crippen molar-refractivity contribution in [1.82, 2.24) is 9.97 Å². The molecule has 2 aromatic heterocycles. The van der Waals surface area contributed by atoms with Gasteiger partial charge in [-0.1, -0.05) is 24.3 Å². The number of aromatic nitrogens is 2. The average Bonchev–Trinajstić information content (AvgIpc) is 2.40. The first-order valence-corrected chi connectivity index (χ1v) is 10.0. The van der Waals surface area contributed by atoms with Crippen molar-refractivity contribution in [3.05, 3.63) is 48.8 Å². The number of nitrogens with zero attached hydrogens (tertiary/aromatic N) is 2. The summed E-state index contributed by atoms with van der Waals surface area (Å²) in [5.41, 5.74) is 1.95. The second-order valence-electron chi connectivity index (χ2n) is 3.27. The topological polar surface area (TPSA) is 88.8 Å². The Morgan fingerprint density at radius 2 is 1.11 bits per heavy atom. The van der Waals surface area contributed by atoms with Crippen LogP contribution in [0.5, 0.6) is 0 Å². The summed E-state index contributed by atoms with van der Waals surface area (Å²) in [5.74, 6) is 0. The van der Waals surface area contributed by atoms with Crippen molar-refractivity contribution in [3.8, 4) is 0 Å². The number of pyridine rings is 2. The van der Waals surface area contributed by atoms with E-state index in [4.69, 9.17) is 18.8 Å². The maximum absolute atomic E-state index is 4.89. The Hall–Kier alpha value is -0.772. The number of hydrogen-bond acceptors (Lipinski definition) is 2. The van der Waals surface area contributed by atoms with Gasteiger partial charge in [-0.2, -0.15) is 0 Å². The Morgan fingerprint density at radius 1 is 0.737 bits per heavy atom. The fourth-order valence-corrected chi connectivity index (χ4v) is 1.68. The van der Waals surface area contributed by atoms with Gasteiger partial charge >= 0.3 is 35.3 Å². The zero-order chi connectivity index (χ0) is 12.1. The molecule has 0 radical (unpaired) electrons. The number of hydrogen-bond donors (Lipinski definition) is 0. The van der Waals surface area contributed by atoms with Gasteiger partial charge in [0.15, 0.2) is 0 Å². The molecule has 0 aliphatic heterocycles. The van der Waals surface area contributed by atoms with E-state index >= 15 is 0 Å². The monoisotopic (exact) mass is 384 g/mol. The molecule has 0 fully saturated rings. The van der Waals surface area contributed by atoms with Crippen molar-refractivity contribution in [2.24, 2.45) is 0 Å². The van der Waals surface area contributed by atoms with Crippen LogP contribution in [0.25, 0.3) is 21.8 Å². The maximum Gasteiger partial charge on any atom is 0.0964 e. The van der Waals surface area contributed by atoms with E-state index in [0.717, 1.165) is 21.8 Å². The smallest absolute Gasteiger partial charge is 0.0964 e. The number of rotatable bonds is 0. The van der Waals surface area contributed by atoms with Crippen molar-refractivity contribution >= 4 is 40.6 Å². The summed E-state index contributed by atoms with van der Waals surface area (Å²) < 4.78 is 0. The summed E-state index contributed by atoms with van der Waals surface area (Å²) in [6, 6.07) is 12.1. The molecule has 0 aliphatic rings. The van der Waals surface area contributed by atoms with Gasteiger partial charge in [-0.05, 0) is 12.1 Å². The minimum absolute atomic E-state index is 0. The van der Waals surface area contributed by atoms with Gasteiger partial charge in [-0.25, -0.2) is 0 Å². The minimum atomic E-state index is -0.586. The number of fused-ring (bicyclic) bond motifs is 3. The predicted octanol–water partition coefficient (Wildman–Crippen LogP) is 2.51. The van der Waals surface area contributed by atoms with Gasteiger partial charge in [0.05, 0.1) is 11.0 Å². The molecule has 0 spiro atoms. The molecule has 0 amide bonds. The SMILES string of the molecule is O.O.[Cl][Mo][Cl].c1cnc2c(c1)ccc1cccnc12. The molecule has 2 heterocycles. The van der Waals surface area contributed by atoms with Gasteiger partial charge in [0.1, 0.15) is 0 Å². The molecular weight excluding hydrogens is 371 g/mol. The summed E-state index contributed by atoms with van der Waals surface area (Å²) >= 11 is -0.586. The third-order valence-electron chi connectivity index (χ3n) is 2.34. The van der Waals surface area contributed by atoms with Crippen LogP contribution in [-0.2, 0) is 16.5 Å². The molecule has 3 aromatic rings. The van der Waals surface area contributed by atoms with Crippen LogP contribution in [0.15, 0.2) is 48.8 Å². The fraction of sp³-hybridized carbons (Fsp3) is 0. The Morgan fingerprint density at radius 3 is 1.47 bits per heavy atom. The quantitative estimate of drug-likeness (QED) is 0.441. The zero-order valence-corrected chi connectivity index (χ0v) is 13.2. The predicted molar refractivity (Wildman–Crippen MR) is 76.0 cm³/mol. The van der Waals surface area contributed by atoms with Crippen LogP contribution in [0.2, 0.25) is 0 Å². The zero-order valence-electron chi connectivity index (χ0n) is 9.68. The van der Waals surface area contributed by atoms with Gasteiger partial charge < -0.3 is 11.0 Å². The normalized spacial score (nSPS) is 8.95. The molecule has 0 saturated carbocycles. The molecule has 3 rings (SSSR count). The van der Waals surface area contributed by atoms with Gasteiger partial charge in [0.2, 0.25) is 0 Å². The van der Waals surface area contributed by atoms with E-state index in [9.17, 15) is 0 Å². The third-order valence-corrected chi connectivity index (χ3v) is 2.34. The van der Waals surface area contributed by atoms with Gasteiger partial charge in [-0.15, -0.1) is 0 Å². The summed E-state index contributed by atoms with van der Waals surface area (Å²) in [5, 5.41) is 2.28. The summed E-state index contributed by atoms with van der Waals surface area (Å²) in [7, 11) is 9.79. The first-order valence-electron chi connectivity index (χ1n) is 4.84. The van der Waals surface area contributed by atoms with Crippen LogP contribution in [0, 0.1) is 0 Å². The molecule has 102 valence electrons. The van der Waals surface area contributed by atoms with Crippen LogP contribution in [0.4, 0.5) is 0 Å². The van der Waals surface area contributed by atoms with Gasteiger partial charge in [0, 0.05) is 23.2 Å². The van der Waals surface area contributed by atoms with Gasteiger partial charge in [0.25, 0.3) is 0 Å². The summed E-state index contributed by atoms with van der Waals surface area (Å²) in [6.07, 6.45) is 3.60. The molecule has 0 aliphatic carbocycles. The van der Waals surface area contributed by atoms with E-state index in [1.54, 1.807) is 12.4 Å². The maximum atomic E-state index is 4.89. The van der Waals surface area contributed by atoms with E-state index in [1.165, 1.54) is 0 Å². The largest absolute Gasteiger partial charge is 0.254 e. The second-order valence-corrected chi connectivity index (χ2v) is 6.32. The van der Waals surface area contributed by atoms with Crippen molar-refractivity contribution in [1.29, 1.82) is 0 Å². The minimum Gasteiger partial charge on any atom is -0.254 e. The third kappa shape index (κ3) is 4.37. The van der Waals surface area contributed by atoms with Crippen molar-refractivity contribution < 1.29 is 27.4 Å². The first kappa shape index (κ1) is 18.2. The van der Waals surface area contributed by atoms with E-state index in [-0.39, 0.29) is 11.0 Å². The van der Waals surface area contributed by atoms with E-state index in [2.05, 4.69) is 34.2 Å². The fourth-order valence-electron chi connectivity index (χ4n) is 1.68. The van der Waals surface area contributed by atoms with E-state index in [1.807, 2.05) is 12.1 Å². The van der Waals surface area contributed by atoms with E-state index < -0.39 is 16.5 Å². The van der Waals surface area contributed by atoms with Crippen molar-refractivity contribution in [2.45, 2.75) is 0 Å². The van der Waals surface area contributed by atoms with E-state index in [0.29, 0.717) is 0 Å². The molecule has 7 heteroatoms. The Balaban J connectivity index is 0.000000598. The molecular formula is C12H12Cl2MoN2O2. The van der Waals surface area contributed by atoms with Crippen LogP contribution < -0.4 is 0 Å². The molecule has 1 aromatic carbocycles. The molecule has 4 N–H and O–H groups in total. The van der Waals surface area contributed by atoms with Crippen molar-refractivity contribution in [3.63, 3.8) is 0 Å². The molecule has 4 nitrogen and oxygen atoms in total. The standard InChI is InChI=1S/C12H8N2.2ClH.Mo.2H2O/c1-3-9-5-6-10-4-2-8-14-12(10)11(9)13-7-1;;;;;/h1-8H;2*1H;;2*1H2/q;;;+2;;/p-2. The van der Waals surface area contributed by atoms with Crippen LogP contribution in [-0.4, -0.2) is 20.9 Å². The molecule has 0 atom stereocenters. The second kappa shape index (κ2) is 9.18. The Bertz CT molecular complexity index is 585. The number of benzene rings is 1. The average molecular weight is 383 g/mol. The van der Waals surface area contributed by atoms with Gasteiger partial charge in [-0.3, -0.25) is 9.97 Å². The summed E-state index contributed by atoms with van der Waals surface area (Å²) in [6.45, 7) is 0. The molecule has 0 saturated heterocycles. The van der Waals surface area contributed by atoms with Crippen molar-refractivity contribution in [2.75, 3.05) is 0 Å². The Kier molecular flexibility index (Phi) is 8.81. The summed E-state index contributed by atoms with van der Waals surface area (Å²) in [4.78, 5) is 8.69. The molecule has 19 heavy (non-hydrogen) atoms. The number of halogens is 2. The Labute approximate surface area is 126 Å². The molecule has 0 unspecified atom stereocenters.